The normalized spacial score (nSPS) is 11.9. The molecule has 0 saturated carbocycles. The number of ether oxygens (including phenoxy) is 1. The van der Waals surface area contributed by atoms with Gasteiger partial charge in [-0.25, -0.2) is 0 Å². The smallest absolute Gasteiger partial charge is 0.325 e. The highest BCUT2D eigenvalue weighted by molar-refractivity contribution is 5.79. The molecule has 4 heteroatoms. The van der Waals surface area contributed by atoms with Crippen LogP contribution in [0, 0.1) is 0 Å². The van der Waals surface area contributed by atoms with Gasteiger partial charge in [0, 0.05) is 0 Å². The first kappa shape index (κ1) is 14.4. The molecule has 0 aliphatic heterocycles. The fourth-order valence-electron chi connectivity index (χ4n) is 1.18. The Morgan fingerprint density at radius 3 is 2.47 bits per heavy atom. The number of hydrogen-bond acceptors (Lipinski definition) is 4. The van der Waals surface area contributed by atoms with E-state index in [1.54, 1.807) is 0 Å². The van der Waals surface area contributed by atoms with Crippen molar-refractivity contribution in [2.75, 3.05) is 33.8 Å². The molecule has 0 aliphatic carbocycles. The maximum Gasteiger partial charge on any atom is 0.325 e. The molecule has 0 unspecified atom stereocenters. The van der Waals surface area contributed by atoms with Crippen LogP contribution < -0.4 is 5.32 Å². The zero-order valence-electron chi connectivity index (χ0n) is 10.6. The van der Waals surface area contributed by atoms with E-state index in [4.69, 9.17) is 4.74 Å². The zero-order chi connectivity index (χ0) is 11.9. The van der Waals surface area contributed by atoms with Crippen molar-refractivity contribution in [3.8, 4) is 0 Å². The van der Waals surface area contributed by atoms with Crippen LogP contribution in [0.5, 0.6) is 0 Å². The van der Waals surface area contributed by atoms with E-state index >= 15 is 0 Å². The second kappa shape index (κ2) is 6.80. The summed E-state index contributed by atoms with van der Waals surface area (Å²) in [6.45, 7) is 7.79. The Bertz CT molecular complexity index is 191. The topological polar surface area (TPSA) is 41.6 Å². The molecule has 0 heterocycles. The summed E-state index contributed by atoms with van der Waals surface area (Å²) in [5, 5.41) is 3.20. The fraction of sp³-hybridized carbons (Fsp3) is 0.909. The molecule has 0 aromatic heterocycles. The Morgan fingerprint density at radius 1 is 1.40 bits per heavy atom. The van der Waals surface area contributed by atoms with Crippen molar-refractivity contribution < 1.29 is 9.53 Å². The summed E-state index contributed by atoms with van der Waals surface area (Å²) in [6, 6.07) is 0. The van der Waals surface area contributed by atoms with Gasteiger partial charge in [-0.1, -0.05) is 0 Å². The minimum atomic E-state index is -0.581. The molecule has 0 amide bonds. The third-order valence-corrected chi connectivity index (χ3v) is 2.13. The van der Waals surface area contributed by atoms with Crippen molar-refractivity contribution in [1.82, 2.24) is 10.2 Å². The molecular weight excluding hydrogens is 192 g/mol. The molecule has 0 saturated heterocycles. The maximum absolute atomic E-state index is 11.5. The number of esters is 1. The van der Waals surface area contributed by atoms with Crippen molar-refractivity contribution in [2.45, 2.75) is 32.7 Å². The van der Waals surface area contributed by atoms with Crippen LogP contribution in [0.1, 0.15) is 27.2 Å². The highest BCUT2D eigenvalue weighted by atomic mass is 16.5. The largest absolute Gasteiger partial charge is 0.465 e. The van der Waals surface area contributed by atoms with Gasteiger partial charge in [-0.05, 0) is 54.4 Å². The minimum Gasteiger partial charge on any atom is -0.465 e. The van der Waals surface area contributed by atoms with Crippen LogP contribution in [-0.2, 0) is 9.53 Å². The summed E-state index contributed by atoms with van der Waals surface area (Å²) in [5.41, 5.74) is -0.581. The lowest BCUT2D eigenvalue weighted by Gasteiger charge is -2.24. The molecule has 0 spiro atoms. The average Bonchev–Trinajstić information content (AvgIpc) is 2.12. The van der Waals surface area contributed by atoms with E-state index in [1.807, 2.05) is 34.9 Å². The van der Waals surface area contributed by atoms with Crippen molar-refractivity contribution >= 4 is 5.97 Å². The molecule has 1 N–H and O–H groups in total. The minimum absolute atomic E-state index is 0.185. The van der Waals surface area contributed by atoms with Gasteiger partial charge in [-0.15, -0.1) is 0 Å². The van der Waals surface area contributed by atoms with E-state index in [9.17, 15) is 4.79 Å². The third-order valence-electron chi connectivity index (χ3n) is 2.13. The third kappa shape index (κ3) is 6.47. The summed E-state index contributed by atoms with van der Waals surface area (Å²) in [7, 11) is 4.08. The number of hydrogen-bond donors (Lipinski definition) is 1. The molecule has 15 heavy (non-hydrogen) atoms. The molecule has 0 aromatic carbocycles. The van der Waals surface area contributed by atoms with E-state index in [0.717, 1.165) is 19.5 Å². The highest BCUT2D eigenvalue weighted by Gasteiger charge is 2.27. The van der Waals surface area contributed by atoms with Crippen LogP contribution in [0.2, 0.25) is 0 Å². The molecule has 0 radical (unpaired) electrons. The Kier molecular flexibility index (Phi) is 6.52. The van der Waals surface area contributed by atoms with Gasteiger partial charge in [0.25, 0.3) is 0 Å². The van der Waals surface area contributed by atoms with Gasteiger partial charge in [0.05, 0.1) is 6.61 Å². The number of nitrogens with zero attached hydrogens (tertiary/aromatic N) is 1. The molecule has 0 aliphatic rings. The van der Waals surface area contributed by atoms with Gasteiger partial charge >= 0.3 is 5.97 Å². The van der Waals surface area contributed by atoms with Crippen LogP contribution in [0.25, 0.3) is 0 Å². The van der Waals surface area contributed by atoms with E-state index in [1.165, 1.54) is 0 Å². The van der Waals surface area contributed by atoms with E-state index < -0.39 is 5.54 Å². The van der Waals surface area contributed by atoms with Gasteiger partial charge in [-0.2, -0.15) is 0 Å². The summed E-state index contributed by atoms with van der Waals surface area (Å²) < 4.78 is 4.97. The van der Waals surface area contributed by atoms with Gasteiger partial charge < -0.3 is 15.0 Å². The molecule has 90 valence electrons. The van der Waals surface area contributed by atoms with E-state index in [-0.39, 0.29) is 5.97 Å². The Morgan fingerprint density at radius 2 is 2.00 bits per heavy atom. The summed E-state index contributed by atoms with van der Waals surface area (Å²) >= 11 is 0. The number of carbonyl (C=O) groups is 1. The monoisotopic (exact) mass is 216 g/mol. The predicted octanol–water partition coefficient (Wildman–Crippen LogP) is 0.869. The maximum atomic E-state index is 11.5. The molecule has 0 bridgehead atoms. The Balaban J connectivity index is 3.78. The molecule has 4 nitrogen and oxygen atoms in total. The molecule has 0 rings (SSSR count). The summed E-state index contributed by atoms with van der Waals surface area (Å²) in [4.78, 5) is 13.6. The number of carbonyl (C=O) groups excluding carboxylic acids is 1. The van der Waals surface area contributed by atoms with Crippen LogP contribution >= 0.6 is 0 Å². The lowest BCUT2D eigenvalue weighted by Crippen LogP contribution is -2.48. The van der Waals surface area contributed by atoms with E-state index in [0.29, 0.717) is 6.61 Å². The van der Waals surface area contributed by atoms with Crippen LogP contribution in [0.15, 0.2) is 0 Å². The Labute approximate surface area is 93.0 Å². The zero-order valence-corrected chi connectivity index (χ0v) is 10.6. The lowest BCUT2D eigenvalue weighted by molar-refractivity contribution is -0.149. The fourth-order valence-corrected chi connectivity index (χ4v) is 1.18. The van der Waals surface area contributed by atoms with Gasteiger partial charge in [0.2, 0.25) is 0 Å². The average molecular weight is 216 g/mol. The van der Waals surface area contributed by atoms with Crippen molar-refractivity contribution in [2.24, 2.45) is 0 Å². The first-order valence-corrected chi connectivity index (χ1v) is 5.47. The number of nitrogens with one attached hydrogen (secondary N) is 1. The van der Waals surface area contributed by atoms with Crippen molar-refractivity contribution in [3.63, 3.8) is 0 Å². The second-order valence-electron chi connectivity index (χ2n) is 4.43. The first-order valence-electron chi connectivity index (χ1n) is 5.47. The standard InChI is InChI=1S/C11H24N2O2/c1-6-15-10(14)11(2,3)12-8-7-9-13(4)5/h12H,6-9H2,1-5H3. The molecule has 0 aromatic rings. The number of rotatable bonds is 7. The lowest BCUT2D eigenvalue weighted by atomic mass is 10.1. The first-order chi connectivity index (χ1) is 6.90. The predicted molar refractivity (Wildman–Crippen MR) is 61.9 cm³/mol. The van der Waals surface area contributed by atoms with Crippen LogP contribution in [0.4, 0.5) is 0 Å². The van der Waals surface area contributed by atoms with Crippen LogP contribution in [0.3, 0.4) is 0 Å². The summed E-state index contributed by atoms with van der Waals surface area (Å²) in [6.07, 6.45) is 1.02. The molecular formula is C11H24N2O2. The quantitative estimate of drug-likeness (QED) is 0.506. The van der Waals surface area contributed by atoms with E-state index in [2.05, 4.69) is 10.2 Å². The van der Waals surface area contributed by atoms with Gasteiger partial charge in [0.1, 0.15) is 5.54 Å². The Hall–Kier alpha value is -0.610. The summed E-state index contributed by atoms with van der Waals surface area (Å²) in [5.74, 6) is -0.185. The van der Waals surface area contributed by atoms with Crippen LogP contribution in [-0.4, -0.2) is 50.2 Å². The van der Waals surface area contributed by atoms with Gasteiger partial charge in [-0.3, -0.25) is 4.79 Å². The highest BCUT2D eigenvalue weighted by Crippen LogP contribution is 2.04. The molecule has 0 atom stereocenters. The second-order valence-corrected chi connectivity index (χ2v) is 4.43. The van der Waals surface area contributed by atoms with Crippen molar-refractivity contribution in [1.29, 1.82) is 0 Å². The van der Waals surface area contributed by atoms with Crippen molar-refractivity contribution in [3.05, 3.63) is 0 Å². The van der Waals surface area contributed by atoms with Gasteiger partial charge in [0.15, 0.2) is 0 Å². The SMILES string of the molecule is CCOC(=O)C(C)(C)NCCCN(C)C. The molecule has 0 fully saturated rings.